The van der Waals surface area contributed by atoms with E-state index >= 15 is 0 Å². The topological polar surface area (TPSA) is 39.7 Å². The Morgan fingerprint density at radius 2 is 2.00 bits per heavy atom. The van der Waals surface area contributed by atoms with Crippen LogP contribution in [-0.4, -0.2) is 50.6 Å². The van der Waals surface area contributed by atoms with Gasteiger partial charge in [-0.25, -0.2) is 0 Å². The summed E-state index contributed by atoms with van der Waals surface area (Å²) in [7, 11) is 2.10. The standard InChI is InChI=1S/C16H27ClN4/c1-4-18-16(20-12-13-21(3)5-2)19-11-10-14-8-6-7-9-15(14)17/h6-9H,4-5,10-13H2,1-3H3,(H2,18,19,20). The SMILES string of the molecule is CCNC(=NCCN(C)CC)NCCc1ccccc1Cl. The molecular formula is C16H27ClN4. The molecule has 0 saturated carbocycles. The fourth-order valence-electron chi connectivity index (χ4n) is 1.85. The number of hydrogen-bond acceptors (Lipinski definition) is 2. The number of nitrogens with one attached hydrogen (secondary N) is 2. The maximum Gasteiger partial charge on any atom is 0.191 e. The third kappa shape index (κ3) is 7.34. The lowest BCUT2D eigenvalue weighted by molar-refractivity contribution is 0.363. The number of likely N-dealkylation sites (N-methyl/N-ethyl adjacent to an activating group) is 1. The van der Waals surface area contributed by atoms with E-state index in [1.807, 2.05) is 18.2 Å². The van der Waals surface area contributed by atoms with E-state index in [2.05, 4.69) is 47.5 Å². The van der Waals surface area contributed by atoms with Gasteiger partial charge in [-0.1, -0.05) is 36.7 Å². The Morgan fingerprint density at radius 3 is 2.67 bits per heavy atom. The zero-order chi connectivity index (χ0) is 15.5. The largest absolute Gasteiger partial charge is 0.357 e. The Morgan fingerprint density at radius 1 is 1.24 bits per heavy atom. The minimum atomic E-state index is 0.797. The summed E-state index contributed by atoms with van der Waals surface area (Å²) in [6.07, 6.45) is 0.888. The average molecular weight is 311 g/mol. The molecule has 0 aliphatic carbocycles. The van der Waals surface area contributed by atoms with Crippen molar-refractivity contribution in [2.24, 2.45) is 4.99 Å². The van der Waals surface area contributed by atoms with Crippen molar-refractivity contribution in [2.45, 2.75) is 20.3 Å². The van der Waals surface area contributed by atoms with Crippen LogP contribution in [0.4, 0.5) is 0 Å². The highest BCUT2D eigenvalue weighted by Gasteiger charge is 2.01. The lowest BCUT2D eigenvalue weighted by Gasteiger charge is -2.14. The van der Waals surface area contributed by atoms with Crippen molar-refractivity contribution < 1.29 is 0 Å². The van der Waals surface area contributed by atoms with Gasteiger partial charge in [-0.15, -0.1) is 0 Å². The molecule has 0 fully saturated rings. The van der Waals surface area contributed by atoms with Crippen molar-refractivity contribution in [1.29, 1.82) is 0 Å². The second kappa shape index (κ2) is 10.5. The molecule has 0 radical (unpaired) electrons. The first-order valence-corrected chi connectivity index (χ1v) is 7.99. The number of rotatable bonds is 8. The predicted octanol–water partition coefficient (Wildman–Crippen LogP) is 2.39. The number of nitrogens with zero attached hydrogens (tertiary/aromatic N) is 2. The molecular weight excluding hydrogens is 284 g/mol. The second-order valence-electron chi connectivity index (χ2n) is 4.92. The molecule has 1 aromatic rings. The minimum Gasteiger partial charge on any atom is -0.357 e. The molecule has 21 heavy (non-hydrogen) atoms. The number of halogens is 1. The van der Waals surface area contributed by atoms with Crippen molar-refractivity contribution in [3.8, 4) is 0 Å². The Labute approximate surface area is 133 Å². The quantitative estimate of drug-likeness (QED) is 0.572. The molecule has 1 aromatic carbocycles. The Hall–Kier alpha value is -1.26. The number of benzene rings is 1. The van der Waals surface area contributed by atoms with Gasteiger partial charge in [0.15, 0.2) is 5.96 Å². The molecule has 0 heterocycles. The summed E-state index contributed by atoms with van der Waals surface area (Å²) in [6, 6.07) is 7.96. The lowest BCUT2D eigenvalue weighted by Crippen LogP contribution is -2.39. The normalized spacial score (nSPS) is 11.8. The highest BCUT2D eigenvalue weighted by Crippen LogP contribution is 2.14. The lowest BCUT2D eigenvalue weighted by atomic mass is 10.1. The van der Waals surface area contributed by atoms with Crippen LogP contribution in [-0.2, 0) is 6.42 Å². The fraction of sp³-hybridized carbons (Fsp3) is 0.562. The van der Waals surface area contributed by atoms with Gasteiger partial charge in [-0.3, -0.25) is 4.99 Å². The van der Waals surface area contributed by atoms with Crippen LogP contribution < -0.4 is 10.6 Å². The monoisotopic (exact) mass is 310 g/mol. The van der Waals surface area contributed by atoms with Gasteiger partial charge in [0.25, 0.3) is 0 Å². The molecule has 0 saturated heterocycles. The van der Waals surface area contributed by atoms with E-state index in [1.165, 1.54) is 0 Å². The van der Waals surface area contributed by atoms with Gasteiger partial charge in [0, 0.05) is 24.7 Å². The van der Waals surface area contributed by atoms with E-state index in [-0.39, 0.29) is 0 Å². The van der Waals surface area contributed by atoms with E-state index in [4.69, 9.17) is 11.6 Å². The smallest absolute Gasteiger partial charge is 0.191 e. The molecule has 0 unspecified atom stereocenters. The molecule has 2 N–H and O–H groups in total. The number of aliphatic imine (C=N–C) groups is 1. The average Bonchev–Trinajstić information content (AvgIpc) is 2.49. The summed E-state index contributed by atoms with van der Waals surface area (Å²) in [5.74, 6) is 0.869. The fourth-order valence-corrected chi connectivity index (χ4v) is 2.08. The summed E-state index contributed by atoms with van der Waals surface area (Å²) < 4.78 is 0. The molecule has 1 rings (SSSR count). The third-order valence-electron chi connectivity index (χ3n) is 3.28. The molecule has 0 aliphatic heterocycles. The van der Waals surface area contributed by atoms with Crippen LogP contribution in [0.3, 0.4) is 0 Å². The van der Waals surface area contributed by atoms with Crippen LogP contribution in [0.1, 0.15) is 19.4 Å². The van der Waals surface area contributed by atoms with Gasteiger partial charge in [-0.05, 0) is 38.6 Å². The molecule has 0 bridgehead atoms. The number of guanidine groups is 1. The molecule has 0 spiro atoms. The zero-order valence-corrected chi connectivity index (χ0v) is 14.1. The summed E-state index contributed by atoms with van der Waals surface area (Å²) in [5, 5.41) is 7.44. The molecule has 0 atom stereocenters. The van der Waals surface area contributed by atoms with Crippen LogP contribution in [0.15, 0.2) is 29.3 Å². The van der Waals surface area contributed by atoms with Gasteiger partial charge in [0.2, 0.25) is 0 Å². The van der Waals surface area contributed by atoms with Crippen molar-refractivity contribution in [1.82, 2.24) is 15.5 Å². The Balaban J connectivity index is 2.40. The summed E-state index contributed by atoms with van der Waals surface area (Å²) in [4.78, 5) is 6.82. The van der Waals surface area contributed by atoms with E-state index in [1.54, 1.807) is 0 Å². The first-order chi connectivity index (χ1) is 10.2. The summed E-state index contributed by atoms with van der Waals surface area (Å²) in [5.41, 5.74) is 1.16. The van der Waals surface area contributed by atoms with Crippen molar-refractivity contribution in [3.05, 3.63) is 34.9 Å². The highest BCUT2D eigenvalue weighted by molar-refractivity contribution is 6.31. The van der Waals surface area contributed by atoms with E-state index < -0.39 is 0 Å². The van der Waals surface area contributed by atoms with Crippen LogP contribution in [0.25, 0.3) is 0 Å². The van der Waals surface area contributed by atoms with E-state index in [9.17, 15) is 0 Å². The molecule has 0 aliphatic rings. The number of hydrogen-bond donors (Lipinski definition) is 2. The first-order valence-electron chi connectivity index (χ1n) is 7.61. The van der Waals surface area contributed by atoms with Gasteiger partial charge < -0.3 is 15.5 Å². The van der Waals surface area contributed by atoms with Crippen molar-refractivity contribution >= 4 is 17.6 Å². The van der Waals surface area contributed by atoms with Crippen molar-refractivity contribution in [3.63, 3.8) is 0 Å². The summed E-state index contributed by atoms with van der Waals surface area (Å²) >= 11 is 6.16. The highest BCUT2D eigenvalue weighted by atomic mass is 35.5. The predicted molar refractivity (Wildman–Crippen MR) is 92.3 cm³/mol. The van der Waals surface area contributed by atoms with Gasteiger partial charge in [0.1, 0.15) is 0 Å². The zero-order valence-electron chi connectivity index (χ0n) is 13.3. The third-order valence-corrected chi connectivity index (χ3v) is 3.65. The minimum absolute atomic E-state index is 0.797. The molecule has 118 valence electrons. The maximum absolute atomic E-state index is 6.16. The Bertz CT molecular complexity index is 434. The van der Waals surface area contributed by atoms with E-state index in [0.717, 1.165) is 55.7 Å². The molecule has 5 heteroatoms. The second-order valence-corrected chi connectivity index (χ2v) is 5.33. The van der Waals surface area contributed by atoms with Crippen LogP contribution in [0.5, 0.6) is 0 Å². The van der Waals surface area contributed by atoms with Crippen LogP contribution in [0.2, 0.25) is 5.02 Å². The van der Waals surface area contributed by atoms with Crippen LogP contribution in [0, 0.1) is 0 Å². The van der Waals surface area contributed by atoms with Crippen LogP contribution >= 0.6 is 11.6 Å². The Kier molecular flexibility index (Phi) is 8.87. The first kappa shape index (κ1) is 17.8. The van der Waals surface area contributed by atoms with Gasteiger partial charge in [0.05, 0.1) is 6.54 Å². The molecule has 0 amide bonds. The summed E-state index contributed by atoms with van der Waals surface area (Å²) in [6.45, 7) is 8.72. The maximum atomic E-state index is 6.16. The van der Waals surface area contributed by atoms with Crippen molar-refractivity contribution in [2.75, 3.05) is 39.8 Å². The van der Waals surface area contributed by atoms with Gasteiger partial charge in [-0.2, -0.15) is 0 Å². The van der Waals surface area contributed by atoms with E-state index in [0.29, 0.717) is 0 Å². The van der Waals surface area contributed by atoms with Gasteiger partial charge >= 0.3 is 0 Å². The molecule has 4 nitrogen and oxygen atoms in total. The molecule has 0 aromatic heterocycles.